The van der Waals surface area contributed by atoms with Crippen LogP contribution in [-0.2, 0) is 6.54 Å². The van der Waals surface area contributed by atoms with Crippen molar-refractivity contribution in [1.82, 2.24) is 4.90 Å². The van der Waals surface area contributed by atoms with Crippen LogP contribution >= 0.6 is 15.9 Å². The summed E-state index contributed by atoms with van der Waals surface area (Å²) in [5, 5.41) is 0. The van der Waals surface area contributed by atoms with Gasteiger partial charge in [-0.3, -0.25) is 0 Å². The van der Waals surface area contributed by atoms with Gasteiger partial charge in [0, 0.05) is 23.1 Å². The summed E-state index contributed by atoms with van der Waals surface area (Å²) >= 11 is 3.59. The largest absolute Gasteiger partial charge is 0.324 e. The van der Waals surface area contributed by atoms with Crippen LogP contribution in [0.5, 0.6) is 0 Å². The van der Waals surface area contributed by atoms with Crippen molar-refractivity contribution in [3.63, 3.8) is 0 Å². The Bertz CT molecular complexity index is 372. The van der Waals surface area contributed by atoms with Crippen molar-refractivity contribution in [2.24, 2.45) is 5.73 Å². The van der Waals surface area contributed by atoms with Crippen molar-refractivity contribution >= 4 is 15.9 Å². The lowest BCUT2D eigenvalue weighted by atomic mass is 9.98. The van der Waals surface area contributed by atoms with E-state index < -0.39 is 0 Å². The van der Waals surface area contributed by atoms with E-state index in [1.54, 1.807) is 0 Å². The summed E-state index contributed by atoms with van der Waals surface area (Å²) in [7, 11) is 2.16. The molecule has 2 N–H and O–H groups in total. The fourth-order valence-electron chi connectivity index (χ4n) is 2.75. The molecular formula is C14H21BrN2. The predicted molar refractivity (Wildman–Crippen MR) is 75.9 cm³/mol. The second kappa shape index (κ2) is 5.51. The smallest absolute Gasteiger partial charge is 0.0283 e. The van der Waals surface area contributed by atoms with Gasteiger partial charge in [0.1, 0.15) is 0 Å². The molecule has 1 aliphatic carbocycles. The Kier molecular flexibility index (Phi) is 4.23. The van der Waals surface area contributed by atoms with Crippen LogP contribution in [0.1, 0.15) is 31.2 Å². The zero-order chi connectivity index (χ0) is 12.3. The van der Waals surface area contributed by atoms with E-state index in [0.717, 1.165) is 13.1 Å². The molecule has 0 radical (unpaired) electrons. The van der Waals surface area contributed by atoms with Crippen LogP contribution in [0, 0.1) is 0 Å². The molecule has 2 rings (SSSR count). The Morgan fingerprint density at radius 2 is 1.94 bits per heavy atom. The lowest BCUT2D eigenvalue weighted by Gasteiger charge is -2.30. The summed E-state index contributed by atoms with van der Waals surface area (Å²) in [6, 6.07) is 8.39. The number of hydrogen-bond acceptors (Lipinski definition) is 2. The zero-order valence-corrected chi connectivity index (χ0v) is 12.0. The van der Waals surface area contributed by atoms with Crippen LogP contribution in [0.2, 0.25) is 0 Å². The third-order valence-electron chi connectivity index (χ3n) is 3.58. The minimum absolute atomic E-state index is 0.0516. The Morgan fingerprint density at radius 1 is 1.29 bits per heavy atom. The molecule has 1 saturated carbocycles. The van der Waals surface area contributed by atoms with Gasteiger partial charge in [-0.1, -0.05) is 47.0 Å². The fourth-order valence-corrected chi connectivity index (χ4v) is 3.16. The third kappa shape index (κ3) is 3.54. The first-order valence-corrected chi connectivity index (χ1v) is 7.09. The van der Waals surface area contributed by atoms with E-state index in [9.17, 15) is 0 Å². The highest BCUT2D eigenvalue weighted by molar-refractivity contribution is 9.10. The number of nitrogens with two attached hydrogens (primary N) is 1. The minimum Gasteiger partial charge on any atom is -0.324 e. The first kappa shape index (κ1) is 13.1. The lowest BCUT2D eigenvalue weighted by Crippen LogP contribution is -2.46. The van der Waals surface area contributed by atoms with Gasteiger partial charge >= 0.3 is 0 Å². The SMILES string of the molecule is CN(Cc1ccccc1Br)CC1(N)CCCC1. The van der Waals surface area contributed by atoms with Gasteiger partial charge in [0.15, 0.2) is 0 Å². The summed E-state index contributed by atoms with van der Waals surface area (Å²) in [5.74, 6) is 0. The molecule has 0 aliphatic heterocycles. The molecule has 3 heteroatoms. The molecule has 2 nitrogen and oxygen atoms in total. The molecule has 1 aromatic carbocycles. The van der Waals surface area contributed by atoms with Crippen molar-refractivity contribution in [3.05, 3.63) is 34.3 Å². The van der Waals surface area contributed by atoms with E-state index in [-0.39, 0.29) is 5.54 Å². The molecule has 0 amide bonds. The van der Waals surface area contributed by atoms with E-state index in [4.69, 9.17) is 5.73 Å². The number of nitrogens with zero attached hydrogens (tertiary/aromatic N) is 1. The maximum atomic E-state index is 6.40. The van der Waals surface area contributed by atoms with Gasteiger partial charge in [-0.05, 0) is 31.5 Å². The minimum atomic E-state index is 0.0516. The molecule has 0 spiro atoms. The molecule has 0 heterocycles. The molecule has 94 valence electrons. The summed E-state index contributed by atoms with van der Waals surface area (Å²) in [5.41, 5.74) is 7.78. The number of benzene rings is 1. The summed E-state index contributed by atoms with van der Waals surface area (Å²) in [6.07, 6.45) is 4.93. The van der Waals surface area contributed by atoms with E-state index >= 15 is 0 Å². The van der Waals surface area contributed by atoms with Gasteiger partial charge in [0.2, 0.25) is 0 Å². The number of likely N-dealkylation sites (N-methyl/N-ethyl adjacent to an activating group) is 1. The molecule has 17 heavy (non-hydrogen) atoms. The van der Waals surface area contributed by atoms with Crippen molar-refractivity contribution in [3.8, 4) is 0 Å². The Labute approximate surface area is 112 Å². The maximum Gasteiger partial charge on any atom is 0.0283 e. The van der Waals surface area contributed by atoms with Crippen molar-refractivity contribution < 1.29 is 0 Å². The van der Waals surface area contributed by atoms with Crippen molar-refractivity contribution in [2.45, 2.75) is 37.8 Å². The maximum absolute atomic E-state index is 6.40. The Balaban J connectivity index is 1.93. The molecule has 0 bridgehead atoms. The van der Waals surface area contributed by atoms with Crippen LogP contribution in [0.25, 0.3) is 0 Å². The highest BCUT2D eigenvalue weighted by Gasteiger charge is 2.30. The molecule has 0 unspecified atom stereocenters. The van der Waals surface area contributed by atoms with E-state index in [1.807, 2.05) is 0 Å². The quantitative estimate of drug-likeness (QED) is 0.925. The van der Waals surface area contributed by atoms with Crippen molar-refractivity contribution in [1.29, 1.82) is 0 Å². The molecule has 0 atom stereocenters. The Morgan fingerprint density at radius 3 is 2.59 bits per heavy atom. The predicted octanol–water partition coefficient (Wildman–Crippen LogP) is 3.15. The average Bonchev–Trinajstić information content (AvgIpc) is 2.68. The average molecular weight is 297 g/mol. The lowest BCUT2D eigenvalue weighted by molar-refractivity contribution is 0.241. The molecular weight excluding hydrogens is 276 g/mol. The van der Waals surface area contributed by atoms with Crippen LogP contribution in [0.3, 0.4) is 0 Å². The topological polar surface area (TPSA) is 29.3 Å². The second-order valence-electron chi connectivity index (χ2n) is 5.33. The van der Waals surface area contributed by atoms with Gasteiger partial charge in [0.05, 0.1) is 0 Å². The van der Waals surface area contributed by atoms with Crippen LogP contribution in [0.4, 0.5) is 0 Å². The molecule has 0 saturated heterocycles. The van der Waals surface area contributed by atoms with Gasteiger partial charge in [-0.25, -0.2) is 0 Å². The number of hydrogen-bond donors (Lipinski definition) is 1. The first-order valence-electron chi connectivity index (χ1n) is 6.30. The van der Waals surface area contributed by atoms with E-state index in [1.165, 1.54) is 35.7 Å². The van der Waals surface area contributed by atoms with Crippen LogP contribution < -0.4 is 5.73 Å². The summed E-state index contributed by atoms with van der Waals surface area (Å²) in [4.78, 5) is 2.34. The molecule has 0 aromatic heterocycles. The van der Waals surface area contributed by atoms with Crippen molar-refractivity contribution in [2.75, 3.05) is 13.6 Å². The highest BCUT2D eigenvalue weighted by Crippen LogP contribution is 2.28. The third-order valence-corrected chi connectivity index (χ3v) is 4.36. The summed E-state index contributed by atoms with van der Waals surface area (Å²) in [6.45, 7) is 1.95. The molecule has 1 fully saturated rings. The van der Waals surface area contributed by atoms with E-state index in [2.05, 4.69) is 52.1 Å². The standard InChI is InChI=1S/C14H21BrN2/c1-17(11-14(16)8-4-5-9-14)10-12-6-2-3-7-13(12)15/h2-3,6-7H,4-5,8-11,16H2,1H3. The monoisotopic (exact) mass is 296 g/mol. The Hall–Kier alpha value is -0.380. The van der Waals surface area contributed by atoms with Crippen LogP contribution in [0.15, 0.2) is 28.7 Å². The van der Waals surface area contributed by atoms with Gasteiger partial charge in [0.25, 0.3) is 0 Å². The van der Waals surface area contributed by atoms with Gasteiger partial charge in [-0.15, -0.1) is 0 Å². The number of halogens is 1. The number of rotatable bonds is 4. The zero-order valence-electron chi connectivity index (χ0n) is 10.5. The van der Waals surface area contributed by atoms with E-state index in [0.29, 0.717) is 0 Å². The van der Waals surface area contributed by atoms with Gasteiger partial charge in [-0.2, -0.15) is 0 Å². The van der Waals surface area contributed by atoms with Gasteiger partial charge < -0.3 is 10.6 Å². The normalized spacial score (nSPS) is 18.8. The summed E-state index contributed by atoms with van der Waals surface area (Å²) < 4.78 is 1.18. The molecule has 1 aromatic rings. The first-order chi connectivity index (χ1) is 8.09. The second-order valence-corrected chi connectivity index (χ2v) is 6.19. The molecule has 1 aliphatic rings. The van der Waals surface area contributed by atoms with Crippen LogP contribution in [-0.4, -0.2) is 24.0 Å². The highest BCUT2D eigenvalue weighted by atomic mass is 79.9. The fraction of sp³-hybridized carbons (Fsp3) is 0.571.